The second-order valence-electron chi connectivity index (χ2n) is 12.9. The molecule has 1 amide bonds. The van der Waals surface area contributed by atoms with Gasteiger partial charge in [0.15, 0.2) is 17.6 Å². The summed E-state index contributed by atoms with van der Waals surface area (Å²) in [6.45, 7) is 3.69. The molecule has 0 radical (unpaired) electrons. The molecular formula is C39H49N3O11S2. The van der Waals surface area contributed by atoms with Crippen molar-refractivity contribution in [3.63, 3.8) is 0 Å². The first kappa shape index (κ1) is 42.1. The van der Waals surface area contributed by atoms with E-state index in [9.17, 15) is 35.3 Å². The molecule has 0 aromatic heterocycles. The van der Waals surface area contributed by atoms with Gasteiger partial charge in [-0.05, 0) is 83.0 Å². The number of thioether (sulfide) groups is 2. The molecule has 0 bridgehead atoms. The van der Waals surface area contributed by atoms with Crippen molar-refractivity contribution in [2.24, 2.45) is 5.16 Å². The monoisotopic (exact) mass is 799 g/mol. The number of hydrogen-bond acceptors (Lipinski definition) is 14. The number of nitrogens with zero attached hydrogens (tertiary/aromatic N) is 3. The number of benzene rings is 3. The Kier molecular flexibility index (Phi) is 15.5. The highest BCUT2D eigenvalue weighted by Crippen LogP contribution is 2.39. The van der Waals surface area contributed by atoms with Crippen LogP contribution in [-0.2, 0) is 31.3 Å². The number of aliphatic hydroxyl groups is 4. The van der Waals surface area contributed by atoms with Gasteiger partial charge in [-0.3, -0.25) is 14.9 Å². The van der Waals surface area contributed by atoms with Crippen molar-refractivity contribution in [2.45, 2.75) is 82.7 Å². The number of ether oxygens (including phenoxy) is 3. The third-order valence-corrected chi connectivity index (χ3v) is 12.4. The van der Waals surface area contributed by atoms with Gasteiger partial charge < -0.3 is 44.4 Å². The van der Waals surface area contributed by atoms with Crippen LogP contribution in [0.4, 0.5) is 5.69 Å². The van der Waals surface area contributed by atoms with E-state index in [2.05, 4.69) is 19.0 Å². The van der Waals surface area contributed by atoms with Crippen molar-refractivity contribution in [2.75, 3.05) is 38.4 Å². The minimum atomic E-state index is -0.580. The van der Waals surface area contributed by atoms with Gasteiger partial charge in [0.2, 0.25) is 0 Å². The van der Waals surface area contributed by atoms with Crippen LogP contribution in [0.2, 0.25) is 0 Å². The molecular weight excluding hydrogens is 751 g/mol. The topological polar surface area (TPSA) is 194 Å². The summed E-state index contributed by atoms with van der Waals surface area (Å²) in [7, 11) is 1.52. The van der Waals surface area contributed by atoms with Crippen molar-refractivity contribution < 1.29 is 49.2 Å². The number of nitro groups is 1. The van der Waals surface area contributed by atoms with Crippen LogP contribution in [0.25, 0.3) is 0 Å². The van der Waals surface area contributed by atoms with E-state index >= 15 is 0 Å². The predicted octanol–water partition coefficient (Wildman–Crippen LogP) is 5.72. The SMILES string of the molecule is CCSC(SCC)[C@@H]1CCCN1C(=O)c1cc(CO)c(OCCCOc2ccc(C3=NOC(c4cc(CO)c(CO)c(CO)c4)C3)cc2OC)cc1[N+](=O)[O-]. The van der Waals surface area contributed by atoms with E-state index in [1.807, 2.05) is 6.07 Å². The van der Waals surface area contributed by atoms with Gasteiger partial charge in [-0.25, -0.2) is 0 Å². The third kappa shape index (κ3) is 9.85. The molecule has 0 saturated carbocycles. The van der Waals surface area contributed by atoms with Gasteiger partial charge in [-0.15, -0.1) is 23.5 Å². The number of hydrogen-bond donors (Lipinski definition) is 4. The van der Waals surface area contributed by atoms with Gasteiger partial charge in [-0.1, -0.05) is 19.0 Å². The Bertz CT molecular complexity index is 1810. The molecule has 0 aliphatic carbocycles. The van der Waals surface area contributed by atoms with Crippen molar-refractivity contribution in [3.05, 3.63) is 91.5 Å². The Balaban J connectivity index is 1.20. The van der Waals surface area contributed by atoms with Gasteiger partial charge in [0, 0.05) is 30.5 Å². The normalized spacial score (nSPS) is 16.7. The molecule has 298 valence electrons. The van der Waals surface area contributed by atoms with E-state index in [1.54, 1.807) is 52.7 Å². The van der Waals surface area contributed by atoms with E-state index < -0.39 is 23.5 Å². The molecule has 14 nitrogen and oxygen atoms in total. The van der Waals surface area contributed by atoms with E-state index in [4.69, 9.17) is 19.0 Å². The highest BCUT2D eigenvalue weighted by atomic mass is 32.2. The molecule has 3 aromatic rings. The Morgan fingerprint density at radius 3 is 2.22 bits per heavy atom. The average molecular weight is 800 g/mol. The molecule has 3 aromatic carbocycles. The molecule has 55 heavy (non-hydrogen) atoms. The number of aliphatic hydroxyl groups excluding tert-OH is 4. The lowest BCUT2D eigenvalue weighted by molar-refractivity contribution is -0.385. The standard InChI is InChI=1S/C39H49N3O11S2/c1-4-54-39(55-5-2)32-8-6-11-41(32)38(47)29-16-28(22-45)35(19-33(29)42(48)49)52-13-7-12-51-34-10-9-24(17-37(34)50-3)31-18-36(53-40-31)25-14-26(20-43)30(23-46)27(15-25)21-44/h9-10,14-17,19,32,36,39,43-46H,4-8,11-13,18,20-23H2,1-3H3/t32-,36?/m0/s1. The maximum absolute atomic E-state index is 13.8. The second-order valence-corrected chi connectivity index (χ2v) is 16.1. The number of nitro benzene ring substituents is 1. The summed E-state index contributed by atoms with van der Waals surface area (Å²) >= 11 is 3.58. The molecule has 5 rings (SSSR count). The summed E-state index contributed by atoms with van der Waals surface area (Å²) in [5.74, 6) is 2.48. The quantitative estimate of drug-likeness (QED) is 0.0470. The zero-order valence-electron chi connectivity index (χ0n) is 31.3. The van der Waals surface area contributed by atoms with Crippen LogP contribution in [0.5, 0.6) is 17.2 Å². The van der Waals surface area contributed by atoms with Crippen LogP contribution in [0, 0.1) is 10.1 Å². The fourth-order valence-electron chi connectivity index (χ4n) is 6.89. The highest BCUT2D eigenvalue weighted by Gasteiger charge is 2.38. The summed E-state index contributed by atoms with van der Waals surface area (Å²) in [6, 6.07) is 11.4. The number of carbonyl (C=O) groups is 1. The number of carbonyl (C=O) groups excluding carboxylic acids is 1. The predicted molar refractivity (Wildman–Crippen MR) is 211 cm³/mol. The molecule has 2 aliphatic heterocycles. The zero-order valence-corrected chi connectivity index (χ0v) is 32.9. The molecule has 4 N–H and O–H groups in total. The largest absolute Gasteiger partial charge is 0.493 e. The summed E-state index contributed by atoms with van der Waals surface area (Å²) in [4.78, 5) is 32.9. The minimum absolute atomic E-state index is 0.0339. The molecule has 16 heteroatoms. The van der Waals surface area contributed by atoms with Gasteiger partial charge in [0.25, 0.3) is 11.6 Å². The fraction of sp³-hybridized carbons (Fsp3) is 0.487. The summed E-state index contributed by atoms with van der Waals surface area (Å²) in [5.41, 5.74) is 3.55. The Morgan fingerprint density at radius 1 is 0.945 bits per heavy atom. The van der Waals surface area contributed by atoms with E-state index in [0.29, 0.717) is 53.3 Å². The zero-order chi connectivity index (χ0) is 39.5. The summed E-state index contributed by atoms with van der Waals surface area (Å²) in [6.07, 6.45) is 2.04. The second kappa shape index (κ2) is 20.2. The maximum Gasteiger partial charge on any atom is 0.285 e. The van der Waals surface area contributed by atoms with Gasteiger partial charge >= 0.3 is 0 Å². The fourth-order valence-corrected chi connectivity index (χ4v) is 9.76. The van der Waals surface area contributed by atoms with E-state index in [-0.39, 0.29) is 66.2 Å². The first-order valence-corrected chi connectivity index (χ1v) is 20.4. The lowest BCUT2D eigenvalue weighted by Crippen LogP contribution is -2.41. The average Bonchev–Trinajstić information content (AvgIpc) is 3.91. The summed E-state index contributed by atoms with van der Waals surface area (Å²) in [5, 5.41) is 56.0. The molecule has 1 saturated heterocycles. The number of rotatable bonds is 20. The van der Waals surface area contributed by atoms with Crippen molar-refractivity contribution in [3.8, 4) is 17.2 Å². The van der Waals surface area contributed by atoms with Crippen molar-refractivity contribution in [1.82, 2.24) is 4.90 Å². The highest BCUT2D eigenvalue weighted by molar-refractivity contribution is 8.17. The van der Waals surface area contributed by atoms with Crippen LogP contribution in [-0.4, -0.2) is 90.9 Å². The van der Waals surface area contributed by atoms with Crippen LogP contribution in [0.1, 0.15) is 89.4 Å². The number of amides is 1. The van der Waals surface area contributed by atoms with Crippen LogP contribution in [0.15, 0.2) is 47.6 Å². The van der Waals surface area contributed by atoms with Gasteiger partial charge in [0.05, 0.1) is 74.1 Å². The summed E-state index contributed by atoms with van der Waals surface area (Å²) < 4.78 is 17.6. The van der Waals surface area contributed by atoms with Crippen LogP contribution in [0.3, 0.4) is 0 Å². The molecule has 1 fully saturated rings. The van der Waals surface area contributed by atoms with Crippen LogP contribution < -0.4 is 14.2 Å². The van der Waals surface area contributed by atoms with E-state index in [1.165, 1.54) is 19.2 Å². The lowest BCUT2D eigenvalue weighted by atomic mass is 9.93. The number of methoxy groups -OCH3 is 1. The lowest BCUT2D eigenvalue weighted by Gasteiger charge is -2.31. The Morgan fingerprint density at radius 2 is 1.62 bits per heavy atom. The first-order chi connectivity index (χ1) is 26.7. The Hall–Kier alpha value is -4.06. The molecule has 0 spiro atoms. The maximum atomic E-state index is 13.8. The van der Waals surface area contributed by atoms with Gasteiger partial charge in [0.1, 0.15) is 11.3 Å². The van der Waals surface area contributed by atoms with Crippen molar-refractivity contribution in [1.29, 1.82) is 0 Å². The van der Waals surface area contributed by atoms with Gasteiger partial charge in [-0.2, -0.15) is 0 Å². The molecule has 2 aliphatic rings. The Labute approximate surface area is 328 Å². The molecule has 2 atom stereocenters. The van der Waals surface area contributed by atoms with Crippen LogP contribution >= 0.6 is 23.5 Å². The van der Waals surface area contributed by atoms with Crippen molar-refractivity contribution >= 4 is 40.8 Å². The minimum Gasteiger partial charge on any atom is -0.493 e. The smallest absolute Gasteiger partial charge is 0.285 e. The molecule has 1 unspecified atom stereocenters. The number of likely N-dealkylation sites (tertiary alicyclic amines) is 1. The van der Waals surface area contributed by atoms with E-state index in [0.717, 1.165) is 35.5 Å². The molecule has 2 heterocycles. The third-order valence-electron chi connectivity index (χ3n) is 9.61. The number of oxime groups is 1. The first-order valence-electron chi connectivity index (χ1n) is 18.3.